The number of fused-ring (bicyclic) bond motifs is 2. The van der Waals surface area contributed by atoms with Crippen LogP contribution in [-0.4, -0.2) is 9.55 Å². The van der Waals surface area contributed by atoms with Gasteiger partial charge in [-0.3, -0.25) is 0 Å². The van der Waals surface area contributed by atoms with Crippen molar-refractivity contribution in [1.29, 1.82) is 0 Å². The van der Waals surface area contributed by atoms with Crippen LogP contribution in [0.2, 0.25) is 0 Å². The Morgan fingerprint density at radius 3 is 2.19 bits per heavy atom. The molecule has 0 spiro atoms. The largest absolute Gasteiger partial charge is 0.416 e. The van der Waals surface area contributed by atoms with Crippen molar-refractivity contribution < 1.29 is 13.2 Å². The topological polar surface area (TPSA) is 20.7 Å². The number of nitrogens with one attached hydrogen (secondary N) is 1. The molecular formula is C26H22ClF3N2. The van der Waals surface area contributed by atoms with Gasteiger partial charge in [0.05, 0.1) is 5.56 Å². The second-order valence-electron chi connectivity index (χ2n) is 7.73. The third-order valence-electron chi connectivity index (χ3n) is 5.97. The van der Waals surface area contributed by atoms with Gasteiger partial charge in [-0.1, -0.05) is 48.5 Å². The van der Waals surface area contributed by atoms with Crippen LogP contribution >= 0.6 is 12.4 Å². The Morgan fingerprint density at radius 1 is 0.844 bits per heavy atom. The number of aromatic nitrogens is 2. The van der Waals surface area contributed by atoms with Gasteiger partial charge in [-0.2, -0.15) is 13.2 Å². The molecule has 32 heavy (non-hydrogen) atoms. The standard InChI is InChI=1S/C26H21F3N2.ClH/c1-2-31-16-22(20-8-4-6-10-24(20)31)25(17-11-13-18(14-12-17)26(27,28)29)21-15-30-23-9-5-3-7-19(21)23;/h3-16,25,30H,2H2,1H3;1H. The van der Waals surface area contributed by atoms with Gasteiger partial charge in [0.25, 0.3) is 0 Å². The van der Waals surface area contributed by atoms with E-state index in [-0.39, 0.29) is 18.3 Å². The fraction of sp³-hybridized carbons (Fsp3) is 0.154. The average Bonchev–Trinajstić information content (AvgIpc) is 3.36. The molecule has 0 bridgehead atoms. The maximum absolute atomic E-state index is 13.2. The summed E-state index contributed by atoms with van der Waals surface area (Å²) < 4.78 is 41.7. The van der Waals surface area contributed by atoms with Crippen molar-refractivity contribution in [2.24, 2.45) is 0 Å². The van der Waals surface area contributed by atoms with E-state index in [9.17, 15) is 13.2 Å². The summed E-state index contributed by atoms with van der Waals surface area (Å²) in [5.74, 6) is -0.198. The summed E-state index contributed by atoms with van der Waals surface area (Å²) in [6, 6.07) is 21.8. The minimum absolute atomic E-state index is 0. The van der Waals surface area contributed by atoms with E-state index in [1.165, 1.54) is 12.1 Å². The molecule has 0 aliphatic heterocycles. The van der Waals surface area contributed by atoms with Gasteiger partial charge in [0.15, 0.2) is 0 Å². The Labute approximate surface area is 190 Å². The summed E-state index contributed by atoms with van der Waals surface area (Å²) in [4.78, 5) is 3.33. The van der Waals surface area contributed by atoms with Gasteiger partial charge >= 0.3 is 6.18 Å². The van der Waals surface area contributed by atoms with Gasteiger partial charge in [-0.05, 0) is 47.9 Å². The first kappa shape index (κ1) is 22.0. The summed E-state index contributed by atoms with van der Waals surface area (Å²) >= 11 is 0. The van der Waals surface area contributed by atoms with E-state index in [1.807, 2.05) is 36.5 Å². The highest BCUT2D eigenvalue weighted by atomic mass is 35.5. The minimum atomic E-state index is -4.35. The first-order chi connectivity index (χ1) is 15.0. The molecule has 164 valence electrons. The number of aryl methyl sites for hydroxylation is 1. The number of halogens is 4. The molecule has 3 aromatic carbocycles. The van der Waals surface area contributed by atoms with Crippen LogP contribution in [0.15, 0.2) is 85.2 Å². The molecule has 0 radical (unpaired) electrons. The number of nitrogens with zero attached hydrogens (tertiary/aromatic N) is 1. The molecule has 5 aromatic rings. The lowest BCUT2D eigenvalue weighted by molar-refractivity contribution is -0.137. The van der Waals surface area contributed by atoms with Gasteiger partial charge in [0, 0.05) is 46.7 Å². The zero-order valence-corrected chi connectivity index (χ0v) is 18.2. The van der Waals surface area contributed by atoms with Crippen molar-refractivity contribution in [2.45, 2.75) is 25.6 Å². The van der Waals surface area contributed by atoms with Crippen LogP contribution in [0.25, 0.3) is 21.8 Å². The van der Waals surface area contributed by atoms with Crippen LogP contribution in [-0.2, 0) is 12.7 Å². The molecule has 1 N–H and O–H groups in total. The summed E-state index contributed by atoms with van der Waals surface area (Å²) in [5, 5.41) is 2.18. The molecule has 0 aliphatic rings. The molecule has 0 saturated heterocycles. The molecule has 1 atom stereocenters. The van der Waals surface area contributed by atoms with Gasteiger partial charge in [-0.15, -0.1) is 12.4 Å². The number of hydrogen-bond acceptors (Lipinski definition) is 0. The van der Waals surface area contributed by atoms with Crippen molar-refractivity contribution >= 4 is 34.2 Å². The number of hydrogen-bond donors (Lipinski definition) is 1. The van der Waals surface area contributed by atoms with Gasteiger partial charge < -0.3 is 9.55 Å². The van der Waals surface area contributed by atoms with Crippen molar-refractivity contribution in [3.05, 3.63) is 107 Å². The van der Waals surface area contributed by atoms with E-state index in [4.69, 9.17) is 0 Å². The summed E-state index contributed by atoms with van der Waals surface area (Å²) in [5.41, 5.74) is 4.46. The van der Waals surface area contributed by atoms with Crippen LogP contribution in [0.4, 0.5) is 13.2 Å². The predicted octanol–water partition coefficient (Wildman–Crippen LogP) is 7.76. The number of rotatable bonds is 4. The lowest BCUT2D eigenvalue weighted by atomic mass is 9.84. The maximum atomic E-state index is 13.2. The van der Waals surface area contributed by atoms with Crippen molar-refractivity contribution in [1.82, 2.24) is 9.55 Å². The Morgan fingerprint density at radius 2 is 1.50 bits per heavy atom. The quantitative estimate of drug-likeness (QED) is 0.286. The first-order valence-electron chi connectivity index (χ1n) is 10.3. The van der Waals surface area contributed by atoms with Crippen LogP contribution in [0.5, 0.6) is 0 Å². The second kappa shape index (κ2) is 8.40. The van der Waals surface area contributed by atoms with Crippen molar-refractivity contribution in [2.75, 3.05) is 0 Å². The Hall–Kier alpha value is -3.18. The number of alkyl halides is 3. The van der Waals surface area contributed by atoms with E-state index in [1.54, 1.807) is 12.1 Å². The van der Waals surface area contributed by atoms with E-state index in [0.29, 0.717) is 0 Å². The third kappa shape index (κ3) is 3.67. The van der Waals surface area contributed by atoms with Crippen LogP contribution in [0.1, 0.15) is 35.1 Å². The van der Waals surface area contributed by atoms with Gasteiger partial charge in [-0.25, -0.2) is 0 Å². The van der Waals surface area contributed by atoms with E-state index < -0.39 is 11.7 Å². The number of aromatic amines is 1. The molecular weight excluding hydrogens is 433 g/mol. The summed E-state index contributed by atoms with van der Waals surface area (Å²) in [6.07, 6.45) is -0.243. The molecule has 5 rings (SSSR count). The van der Waals surface area contributed by atoms with Gasteiger partial charge in [0.1, 0.15) is 0 Å². The predicted molar refractivity (Wildman–Crippen MR) is 126 cm³/mol. The molecule has 2 heterocycles. The highest BCUT2D eigenvalue weighted by Crippen LogP contribution is 2.41. The van der Waals surface area contributed by atoms with E-state index >= 15 is 0 Å². The van der Waals surface area contributed by atoms with E-state index in [0.717, 1.165) is 45.0 Å². The SMILES string of the molecule is CCn1cc(C(c2ccc(C(F)(F)F)cc2)c2c[nH]c3ccccc23)c2ccccc21.Cl. The Kier molecular flexibility index (Phi) is 5.78. The fourth-order valence-electron chi connectivity index (χ4n) is 4.49. The lowest BCUT2D eigenvalue weighted by Gasteiger charge is -2.18. The molecule has 0 saturated carbocycles. The smallest absolute Gasteiger partial charge is 0.361 e. The Balaban J connectivity index is 0.00000245. The van der Waals surface area contributed by atoms with Crippen LogP contribution in [0.3, 0.4) is 0 Å². The van der Waals surface area contributed by atoms with Crippen molar-refractivity contribution in [3.8, 4) is 0 Å². The molecule has 0 aliphatic carbocycles. The monoisotopic (exact) mass is 454 g/mol. The Bertz CT molecular complexity index is 1360. The number of H-pyrrole nitrogens is 1. The fourth-order valence-corrected chi connectivity index (χ4v) is 4.49. The highest BCUT2D eigenvalue weighted by molar-refractivity contribution is 5.89. The zero-order chi connectivity index (χ0) is 21.6. The summed E-state index contributed by atoms with van der Waals surface area (Å²) in [6.45, 7) is 2.91. The summed E-state index contributed by atoms with van der Waals surface area (Å²) in [7, 11) is 0. The number of para-hydroxylation sites is 2. The molecule has 0 fully saturated rings. The van der Waals surface area contributed by atoms with Crippen molar-refractivity contribution in [3.63, 3.8) is 0 Å². The zero-order valence-electron chi connectivity index (χ0n) is 17.4. The molecule has 2 aromatic heterocycles. The minimum Gasteiger partial charge on any atom is -0.361 e. The molecule has 1 unspecified atom stereocenters. The maximum Gasteiger partial charge on any atom is 0.416 e. The first-order valence-corrected chi connectivity index (χ1v) is 10.3. The molecule has 0 amide bonds. The van der Waals surface area contributed by atoms with E-state index in [2.05, 4.69) is 40.9 Å². The molecule has 6 heteroatoms. The second-order valence-corrected chi connectivity index (χ2v) is 7.73. The third-order valence-corrected chi connectivity index (χ3v) is 5.97. The normalized spacial score (nSPS) is 12.8. The van der Waals surface area contributed by atoms with Gasteiger partial charge in [0.2, 0.25) is 0 Å². The lowest BCUT2D eigenvalue weighted by Crippen LogP contribution is -2.07. The van der Waals surface area contributed by atoms with Crippen LogP contribution in [0, 0.1) is 0 Å². The highest BCUT2D eigenvalue weighted by Gasteiger charge is 2.31. The molecule has 2 nitrogen and oxygen atoms in total. The number of benzene rings is 3. The van der Waals surface area contributed by atoms with Crippen LogP contribution < -0.4 is 0 Å². The average molecular weight is 455 g/mol.